The third-order valence-electron chi connectivity index (χ3n) is 5.77. The Hall–Kier alpha value is -2.94. The van der Waals surface area contributed by atoms with Crippen molar-refractivity contribution in [2.24, 2.45) is 0 Å². The second kappa shape index (κ2) is 8.90. The zero-order valence-electron chi connectivity index (χ0n) is 18.0. The predicted octanol–water partition coefficient (Wildman–Crippen LogP) is 3.07. The van der Waals surface area contributed by atoms with E-state index in [4.69, 9.17) is 18.9 Å². The number of benzene rings is 2. The van der Waals surface area contributed by atoms with E-state index in [0.717, 1.165) is 5.56 Å². The van der Waals surface area contributed by atoms with Crippen LogP contribution in [-0.2, 0) is 30.3 Å². The van der Waals surface area contributed by atoms with E-state index in [-0.39, 0.29) is 19.8 Å². The van der Waals surface area contributed by atoms with Crippen LogP contribution in [0.3, 0.4) is 0 Å². The Morgan fingerprint density at radius 1 is 1.09 bits per heavy atom. The Labute approximate surface area is 186 Å². The lowest BCUT2D eigenvalue weighted by Crippen LogP contribution is -2.57. The van der Waals surface area contributed by atoms with Crippen molar-refractivity contribution in [3.63, 3.8) is 0 Å². The molecule has 8 heteroatoms. The van der Waals surface area contributed by atoms with Crippen molar-refractivity contribution in [3.05, 3.63) is 71.8 Å². The molecule has 2 aromatic rings. The smallest absolute Gasteiger partial charge is 0.407 e. The fraction of sp³-hybridized carbons (Fsp3) is 0.417. The molecule has 1 amide bonds. The number of hydrogen-bond acceptors (Lipinski definition) is 6. The second-order valence-corrected chi connectivity index (χ2v) is 8.46. The summed E-state index contributed by atoms with van der Waals surface area (Å²) in [5, 5.41) is 12.9. The average molecular weight is 441 g/mol. The first-order chi connectivity index (χ1) is 15.3. The maximum absolute atomic E-state index is 12.5. The molecule has 2 fully saturated rings. The summed E-state index contributed by atoms with van der Waals surface area (Å²) in [5.41, 5.74) is 0.0159. The summed E-state index contributed by atoms with van der Waals surface area (Å²) >= 11 is 0. The molecule has 4 atom stereocenters. The second-order valence-electron chi connectivity index (χ2n) is 8.46. The van der Waals surface area contributed by atoms with Gasteiger partial charge in [0.25, 0.3) is 0 Å². The zero-order valence-corrected chi connectivity index (χ0v) is 18.0. The SMILES string of the molecule is CC1(C)O[C@@H]2[C@@H](CO[C@]2(CNC(=O)OCc2ccccc2)[C@H](C(=O)O)c2ccccc2)O1. The standard InChI is InChI=1S/C24H27NO7/c1-23(2)31-18-14-30-24(20(18)32-23,19(21(26)27)17-11-7-4-8-12-17)15-25-22(28)29-13-16-9-5-3-6-10-16/h3-12,18-20H,13-15H2,1-2H3,(H,25,28)(H,26,27)/t18-,19+,20-,24-/m1/s1. The number of carboxylic acids is 1. The molecule has 170 valence electrons. The molecule has 0 spiro atoms. The Morgan fingerprint density at radius 3 is 2.41 bits per heavy atom. The fourth-order valence-corrected chi connectivity index (χ4v) is 4.46. The van der Waals surface area contributed by atoms with Gasteiger partial charge in [-0.25, -0.2) is 4.79 Å². The molecule has 8 nitrogen and oxygen atoms in total. The predicted molar refractivity (Wildman–Crippen MR) is 114 cm³/mol. The van der Waals surface area contributed by atoms with Crippen LogP contribution in [0.2, 0.25) is 0 Å². The number of amides is 1. The first kappa shape index (κ1) is 22.3. The van der Waals surface area contributed by atoms with Crippen LogP contribution < -0.4 is 5.32 Å². The van der Waals surface area contributed by atoms with Crippen molar-refractivity contribution in [1.29, 1.82) is 0 Å². The Kier molecular flexibility index (Phi) is 6.19. The number of hydrogen-bond donors (Lipinski definition) is 2. The Bertz CT molecular complexity index is 949. The molecule has 2 heterocycles. The number of aliphatic carboxylic acids is 1. The minimum Gasteiger partial charge on any atom is -0.481 e. The van der Waals surface area contributed by atoms with E-state index in [0.29, 0.717) is 5.56 Å². The van der Waals surface area contributed by atoms with Crippen molar-refractivity contribution in [2.75, 3.05) is 13.2 Å². The topological polar surface area (TPSA) is 103 Å². The number of carbonyl (C=O) groups is 2. The molecule has 2 aromatic carbocycles. The quantitative estimate of drug-likeness (QED) is 0.681. The normalized spacial score (nSPS) is 26.8. The van der Waals surface area contributed by atoms with Gasteiger partial charge in [0.1, 0.15) is 30.3 Å². The summed E-state index contributed by atoms with van der Waals surface area (Å²) < 4.78 is 23.4. The molecular weight excluding hydrogens is 414 g/mol. The van der Waals surface area contributed by atoms with Crippen LogP contribution in [0.15, 0.2) is 60.7 Å². The third-order valence-corrected chi connectivity index (χ3v) is 5.77. The molecule has 0 aliphatic carbocycles. The van der Waals surface area contributed by atoms with Crippen molar-refractivity contribution in [3.8, 4) is 0 Å². The maximum Gasteiger partial charge on any atom is 0.407 e. The van der Waals surface area contributed by atoms with Gasteiger partial charge >= 0.3 is 12.1 Å². The number of ether oxygens (including phenoxy) is 4. The lowest BCUT2D eigenvalue weighted by molar-refractivity contribution is -0.201. The van der Waals surface area contributed by atoms with Crippen LogP contribution in [0.4, 0.5) is 4.79 Å². The molecule has 4 rings (SSSR count). The molecule has 0 unspecified atom stereocenters. The van der Waals surface area contributed by atoms with Crippen LogP contribution in [0.1, 0.15) is 30.9 Å². The van der Waals surface area contributed by atoms with Gasteiger partial charge in [-0.05, 0) is 25.0 Å². The summed E-state index contributed by atoms with van der Waals surface area (Å²) in [6.07, 6.45) is -1.80. The van der Waals surface area contributed by atoms with Gasteiger partial charge in [0.15, 0.2) is 5.79 Å². The molecule has 2 saturated heterocycles. The van der Waals surface area contributed by atoms with E-state index < -0.39 is 41.6 Å². The van der Waals surface area contributed by atoms with Gasteiger partial charge in [-0.2, -0.15) is 0 Å². The summed E-state index contributed by atoms with van der Waals surface area (Å²) in [6, 6.07) is 18.1. The van der Waals surface area contributed by atoms with Crippen LogP contribution in [0.5, 0.6) is 0 Å². The van der Waals surface area contributed by atoms with E-state index in [1.54, 1.807) is 38.1 Å². The molecule has 0 bridgehead atoms. The molecule has 0 saturated carbocycles. The summed E-state index contributed by atoms with van der Waals surface area (Å²) in [4.78, 5) is 24.9. The lowest BCUT2D eigenvalue weighted by Gasteiger charge is -2.38. The van der Waals surface area contributed by atoms with Gasteiger partial charge < -0.3 is 29.4 Å². The highest BCUT2D eigenvalue weighted by Crippen LogP contribution is 2.47. The molecule has 2 aliphatic heterocycles. The van der Waals surface area contributed by atoms with Crippen LogP contribution in [-0.4, -0.2) is 53.9 Å². The first-order valence-corrected chi connectivity index (χ1v) is 10.5. The van der Waals surface area contributed by atoms with E-state index in [1.165, 1.54) is 0 Å². The number of rotatable bonds is 7. The lowest BCUT2D eigenvalue weighted by atomic mass is 9.77. The minimum absolute atomic E-state index is 0.0975. The fourth-order valence-electron chi connectivity index (χ4n) is 4.46. The summed E-state index contributed by atoms with van der Waals surface area (Å²) in [6.45, 7) is 3.69. The van der Waals surface area contributed by atoms with E-state index in [2.05, 4.69) is 5.32 Å². The van der Waals surface area contributed by atoms with Crippen molar-refractivity contribution in [2.45, 2.75) is 50.0 Å². The number of alkyl carbamates (subject to hydrolysis) is 1. The Morgan fingerprint density at radius 2 is 1.75 bits per heavy atom. The third kappa shape index (κ3) is 4.48. The molecule has 0 radical (unpaired) electrons. The van der Waals surface area contributed by atoms with Gasteiger partial charge in [0.05, 0.1) is 13.2 Å². The van der Waals surface area contributed by atoms with Gasteiger partial charge in [-0.1, -0.05) is 60.7 Å². The average Bonchev–Trinajstić information content (AvgIpc) is 3.26. The highest BCUT2D eigenvalue weighted by atomic mass is 16.8. The van der Waals surface area contributed by atoms with Gasteiger partial charge in [-0.3, -0.25) is 4.79 Å². The maximum atomic E-state index is 12.5. The monoisotopic (exact) mass is 441 g/mol. The molecular formula is C24H27NO7. The molecule has 0 aromatic heterocycles. The van der Waals surface area contributed by atoms with Crippen molar-refractivity contribution >= 4 is 12.1 Å². The van der Waals surface area contributed by atoms with Gasteiger partial charge in [-0.15, -0.1) is 0 Å². The highest BCUT2D eigenvalue weighted by molar-refractivity contribution is 5.78. The van der Waals surface area contributed by atoms with Crippen LogP contribution in [0, 0.1) is 0 Å². The van der Waals surface area contributed by atoms with Gasteiger partial charge in [0, 0.05) is 0 Å². The Balaban J connectivity index is 1.57. The van der Waals surface area contributed by atoms with Crippen molar-refractivity contribution in [1.82, 2.24) is 5.32 Å². The molecule has 32 heavy (non-hydrogen) atoms. The van der Waals surface area contributed by atoms with E-state index in [1.807, 2.05) is 36.4 Å². The first-order valence-electron chi connectivity index (χ1n) is 10.5. The highest BCUT2D eigenvalue weighted by Gasteiger charge is 2.63. The van der Waals surface area contributed by atoms with E-state index in [9.17, 15) is 14.7 Å². The summed E-state index contributed by atoms with van der Waals surface area (Å²) in [7, 11) is 0. The zero-order chi connectivity index (χ0) is 22.8. The van der Waals surface area contributed by atoms with Crippen LogP contribution in [0.25, 0.3) is 0 Å². The number of fused-ring (bicyclic) bond motifs is 1. The largest absolute Gasteiger partial charge is 0.481 e. The van der Waals surface area contributed by atoms with Crippen LogP contribution >= 0.6 is 0 Å². The molecule has 2 N–H and O–H groups in total. The number of nitrogens with one attached hydrogen (secondary N) is 1. The van der Waals surface area contributed by atoms with E-state index >= 15 is 0 Å². The summed E-state index contributed by atoms with van der Waals surface area (Å²) in [5.74, 6) is -3.06. The van der Waals surface area contributed by atoms with Gasteiger partial charge in [0.2, 0.25) is 0 Å². The number of carboxylic acid groups (broad SMARTS) is 1. The minimum atomic E-state index is -1.38. The number of carbonyl (C=O) groups excluding carboxylic acids is 1. The van der Waals surface area contributed by atoms with Crippen molar-refractivity contribution < 1.29 is 33.6 Å². The molecule has 2 aliphatic rings.